The van der Waals surface area contributed by atoms with Crippen molar-refractivity contribution < 1.29 is 8.23 Å². The van der Waals surface area contributed by atoms with Gasteiger partial charge in [0, 0.05) is 0 Å². The van der Waals surface area contributed by atoms with Gasteiger partial charge in [-0.05, 0) is 76.3 Å². The second-order valence-corrected chi connectivity index (χ2v) is 20.8. The molecule has 0 bridgehead atoms. The van der Waals surface area contributed by atoms with Gasteiger partial charge in [-0.3, -0.25) is 0 Å². The molecule has 0 radical (unpaired) electrons. The predicted octanol–water partition coefficient (Wildman–Crippen LogP) is 5.31. The van der Waals surface area contributed by atoms with E-state index in [1.165, 1.54) is 11.1 Å². The van der Waals surface area contributed by atoms with Gasteiger partial charge in [-0.1, -0.05) is 24.3 Å². The van der Waals surface area contributed by atoms with Gasteiger partial charge < -0.3 is 8.23 Å². The first kappa shape index (κ1) is 18.8. The third-order valence-electron chi connectivity index (χ3n) is 3.15. The first-order valence-electron chi connectivity index (χ1n) is 7.85. The Morgan fingerprint density at radius 2 is 1.29 bits per heavy atom. The van der Waals surface area contributed by atoms with Gasteiger partial charge in [-0.2, -0.15) is 0 Å². The lowest BCUT2D eigenvalue weighted by atomic mass is 10.1. The molecule has 0 aliphatic carbocycles. The molecule has 0 saturated carbocycles. The highest BCUT2D eigenvalue weighted by atomic mass is 28.5. The van der Waals surface area contributed by atoms with Gasteiger partial charge in [0.05, 0.1) is 0 Å². The molecule has 2 nitrogen and oxygen atoms in total. The molecule has 0 amide bonds. The van der Waals surface area contributed by atoms with Gasteiger partial charge in [0.25, 0.3) is 0 Å². The van der Waals surface area contributed by atoms with E-state index in [-0.39, 0.29) is 0 Å². The molecule has 120 valence electrons. The zero-order valence-corrected chi connectivity index (χ0v) is 18.0. The lowest BCUT2D eigenvalue weighted by Gasteiger charge is -2.38. The van der Waals surface area contributed by atoms with Crippen LogP contribution in [-0.2, 0) is 14.7 Å². The summed E-state index contributed by atoms with van der Waals surface area (Å²) in [6, 6.07) is 9.69. The van der Waals surface area contributed by atoms with E-state index in [2.05, 4.69) is 77.0 Å². The third-order valence-corrected chi connectivity index (χ3v) is 12.7. The van der Waals surface area contributed by atoms with E-state index in [0.717, 1.165) is 12.5 Å². The molecule has 0 spiro atoms. The molecule has 0 fully saturated rings. The van der Waals surface area contributed by atoms with E-state index in [1.807, 2.05) is 0 Å². The molecule has 0 saturated heterocycles. The Bertz CT molecular complexity index is 445. The molecule has 0 aliphatic heterocycles. The van der Waals surface area contributed by atoms with Crippen LogP contribution >= 0.6 is 0 Å². The first-order chi connectivity index (χ1) is 9.40. The van der Waals surface area contributed by atoms with Crippen molar-refractivity contribution in [3.05, 3.63) is 35.4 Å². The van der Waals surface area contributed by atoms with Crippen LogP contribution in [0.2, 0.25) is 51.9 Å². The Labute approximate surface area is 134 Å². The molecule has 1 aromatic rings. The molecule has 1 rings (SSSR count). The maximum atomic E-state index is 6.55. The van der Waals surface area contributed by atoms with Crippen molar-refractivity contribution in [2.75, 3.05) is 0 Å². The fourth-order valence-corrected chi connectivity index (χ4v) is 15.1. The van der Waals surface area contributed by atoms with E-state index in [9.17, 15) is 0 Å². The Kier molecular flexibility index (Phi) is 6.20. The summed E-state index contributed by atoms with van der Waals surface area (Å²) in [7, 11) is -5.27. The van der Waals surface area contributed by atoms with Crippen molar-refractivity contribution in [1.29, 1.82) is 0 Å². The van der Waals surface area contributed by atoms with Crippen LogP contribution in [0.3, 0.4) is 0 Å². The fourth-order valence-electron chi connectivity index (χ4n) is 2.67. The van der Waals surface area contributed by atoms with Gasteiger partial charge in [0.2, 0.25) is 0 Å². The topological polar surface area (TPSA) is 18.5 Å². The molecule has 21 heavy (non-hydrogen) atoms. The largest absolute Gasteiger partial charge is 0.437 e. The quantitative estimate of drug-likeness (QED) is 0.626. The number of aryl methyl sites for hydroxylation is 2. The molecule has 0 unspecified atom stereocenters. The van der Waals surface area contributed by atoms with Crippen LogP contribution in [0.4, 0.5) is 0 Å². The predicted molar refractivity (Wildman–Crippen MR) is 100 cm³/mol. The Hall–Kier alpha value is -0.209. The zero-order valence-electron chi connectivity index (χ0n) is 15.0. The molecule has 5 heteroatoms. The van der Waals surface area contributed by atoms with Crippen LogP contribution in [0, 0.1) is 6.92 Å². The summed E-state index contributed by atoms with van der Waals surface area (Å²) >= 11 is 0. The van der Waals surface area contributed by atoms with E-state index < -0.39 is 25.2 Å². The standard InChI is InChI=1S/C16H32O2Si3/c1-15-11-9-10-12-16(15)13-14-21(8,17-19(2,3)4)18-20(5,6)7/h9-12H,13-14H2,1-8H3. The first-order valence-corrected chi connectivity index (χ1v) is 17.2. The van der Waals surface area contributed by atoms with E-state index >= 15 is 0 Å². The summed E-state index contributed by atoms with van der Waals surface area (Å²) in [5.41, 5.74) is 2.80. The van der Waals surface area contributed by atoms with Crippen molar-refractivity contribution in [3.63, 3.8) is 0 Å². The van der Waals surface area contributed by atoms with Crippen molar-refractivity contribution in [2.24, 2.45) is 0 Å². The summed E-state index contributed by atoms with van der Waals surface area (Å²) in [6.45, 7) is 18.0. The summed E-state index contributed by atoms with van der Waals surface area (Å²) in [5, 5.41) is 0. The summed E-state index contributed by atoms with van der Waals surface area (Å²) < 4.78 is 13.1. The Balaban J connectivity index is 2.85. The highest BCUT2D eigenvalue weighted by Crippen LogP contribution is 2.26. The van der Waals surface area contributed by atoms with Crippen LogP contribution in [0.1, 0.15) is 11.1 Å². The Morgan fingerprint density at radius 1 is 0.810 bits per heavy atom. The zero-order chi connectivity index (χ0) is 16.3. The minimum Gasteiger partial charge on any atom is -0.437 e. The lowest BCUT2D eigenvalue weighted by Crippen LogP contribution is -2.52. The van der Waals surface area contributed by atoms with Crippen molar-refractivity contribution in [1.82, 2.24) is 0 Å². The summed E-state index contributed by atoms with van der Waals surface area (Å²) in [4.78, 5) is 0. The number of rotatable bonds is 7. The van der Waals surface area contributed by atoms with Gasteiger partial charge in [-0.25, -0.2) is 0 Å². The van der Waals surface area contributed by atoms with Gasteiger partial charge in [0.1, 0.15) is 0 Å². The highest BCUT2D eigenvalue weighted by molar-refractivity contribution is 6.87. The Morgan fingerprint density at radius 3 is 1.71 bits per heavy atom. The second-order valence-electron chi connectivity index (χ2n) is 7.99. The van der Waals surface area contributed by atoms with Gasteiger partial charge in [-0.15, -0.1) is 0 Å². The average molecular weight is 341 g/mol. The van der Waals surface area contributed by atoms with Crippen molar-refractivity contribution >= 4 is 25.2 Å². The minimum absolute atomic E-state index is 1.05. The van der Waals surface area contributed by atoms with Gasteiger partial charge >= 0.3 is 8.56 Å². The molecular formula is C16H32O2Si3. The number of benzene rings is 1. The number of hydrogen-bond acceptors (Lipinski definition) is 2. The molecular weight excluding hydrogens is 308 g/mol. The fraction of sp³-hybridized carbons (Fsp3) is 0.625. The molecule has 1 aromatic carbocycles. The van der Waals surface area contributed by atoms with Crippen LogP contribution in [0.15, 0.2) is 24.3 Å². The number of hydrogen-bond donors (Lipinski definition) is 0. The molecule has 0 aromatic heterocycles. The summed E-state index contributed by atoms with van der Waals surface area (Å²) in [5.74, 6) is 0. The van der Waals surface area contributed by atoms with Crippen molar-refractivity contribution in [2.45, 2.75) is 65.2 Å². The normalized spacial score (nSPS) is 13.5. The maximum absolute atomic E-state index is 6.55. The lowest BCUT2D eigenvalue weighted by molar-refractivity contribution is 0.383. The third kappa shape index (κ3) is 7.56. The van der Waals surface area contributed by atoms with E-state index in [4.69, 9.17) is 8.23 Å². The molecule has 0 N–H and O–H groups in total. The average Bonchev–Trinajstić information content (AvgIpc) is 2.22. The highest BCUT2D eigenvalue weighted by Gasteiger charge is 2.39. The summed E-state index contributed by atoms with van der Waals surface area (Å²) in [6.07, 6.45) is 1.06. The maximum Gasteiger partial charge on any atom is 0.314 e. The molecule has 0 aliphatic rings. The van der Waals surface area contributed by atoms with E-state index in [0.29, 0.717) is 0 Å². The minimum atomic E-state index is -2.10. The van der Waals surface area contributed by atoms with E-state index in [1.54, 1.807) is 0 Å². The van der Waals surface area contributed by atoms with Crippen LogP contribution in [-0.4, -0.2) is 25.2 Å². The van der Waals surface area contributed by atoms with Crippen LogP contribution in [0.25, 0.3) is 0 Å². The monoisotopic (exact) mass is 340 g/mol. The van der Waals surface area contributed by atoms with Crippen molar-refractivity contribution in [3.8, 4) is 0 Å². The molecule has 0 heterocycles. The van der Waals surface area contributed by atoms with Crippen LogP contribution in [0.5, 0.6) is 0 Å². The molecule has 0 atom stereocenters. The smallest absolute Gasteiger partial charge is 0.314 e. The SMILES string of the molecule is Cc1ccccc1CC[Si](C)(O[Si](C)(C)C)O[Si](C)(C)C. The van der Waals surface area contributed by atoms with Crippen LogP contribution < -0.4 is 0 Å². The second kappa shape index (κ2) is 6.91. The van der Waals surface area contributed by atoms with Gasteiger partial charge in [0.15, 0.2) is 16.6 Å².